The molecule has 0 unspecified atom stereocenters. The third-order valence-electron chi connectivity index (χ3n) is 6.85. The highest BCUT2D eigenvalue weighted by atomic mass is 32.2. The molecular formula is C32H41N3O5S. The molecule has 0 saturated heterocycles. The Morgan fingerprint density at radius 3 is 1.98 bits per heavy atom. The minimum atomic E-state index is -3.73. The van der Waals surface area contributed by atoms with E-state index >= 15 is 0 Å². The summed E-state index contributed by atoms with van der Waals surface area (Å²) in [5.41, 5.74) is 2.46. The lowest BCUT2D eigenvalue weighted by molar-refractivity contribution is -0.141. The monoisotopic (exact) mass is 579 g/mol. The molecule has 0 aromatic heterocycles. The van der Waals surface area contributed by atoms with E-state index in [1.54, 1.807) is 19.2 Å². The van der Waals surface area contributed by atoms with E-state index in [-0.39, 0.29) is 19.0 Å². The summed E-state index contributed by atoms with van der Waals surface area (Å²) < 4.78 is 32.0. The summed E-state index contributed by atoms with van der Waals surface area (Å²) in [7, 11) is -2.15. The Morgan fingerprint density at radius 1 is 0.829 bits per heavy atom. The lowest BCUT2D eigenvalue weighted by atomic mass is 10.0. The molecule has 0 bridgehead atoms. The fourth-order valence-corrected chi connectivity index (χ4v) is 5.23. The second-order valence-corrected chi connectivity index (χ2v) is 12.1. The van der Waals surface area contributed by atoms with Gasteiger partial charge in [0.1, 0.15) is 11.8 Å². The van der Waals surface area contributed by atoms with Crippen molar-refractivity contribution in [3.63, 3.8) is 0 Å². The van der Waals surface area contributed by atoms with Crippen LogP contribution in [0.1, 0.15) is 42.9 Å². The molecule has 0 spiro atoms. The van der Waals surface area contributed by atoms with E-state index in [9.17, 15) is 18.0 Å². The van der Waals surface area contributed by atoms with Crippen molar-refractivity contribution in [3.8, 4) is 5.75 Å². The Bertz CT molecular complexity index is 1330. The van der Waals surface area contributed by atoms with Crippen molar-refractivity contribution in [1.82, 2.24) is 14.5 Å². The van der Waals surface area contributed by atoms with Crippen molar-refractivity contribution in [1.29, 1.82) is 0 Å². The van der Waals surface area contributed by atoms with Crippen LogP contribution in [0, 0.1) is 0 Å². The molecule has 0 fully saturated rings. The number of ether oxygens (including phenoxy) is 1. The van der Waals surface area contributed by atoms with Crippen LogP contribution >= 0.6 is 0 Å². The average molecular weight is 580 g/mol. The van der Waals surface area contributed by atoms with E-state index in [4.69, 9.17) is 4.74 Å². The number of nitrogens with zero attached hydrogens (tertiary/aromatic N) is 2. The van der Waals surface area contributed by atoms with E-state index < -0.39 is 28.5 Å². The Kier molecular flexibility index (Phi) is 12.4. The van der Waals surface area contributed by atoms with Crippen molar-refractivity contribution < 1.29 is 22.7 Å². The van der Waals surface area contributed by atoms with Crippen LogP contribution in [-0.4, -0.2) is 61.9 Å². The fourth-order valence-electron chi connectivity index (χ4n) is 4.51. The number of unbranched alkanes of at least 4 members (excludes halogenated alkanes) is 2. The summed E-state index contributed by atoms with van der Waals surface area (Å²) >= 11 is 0. The zero-order valence-electron chi connectivity index (χ0n) is 24.2. The van der Waals surface area contributed by atoms with E-state index in [0.717, 1.165) is 46.5 Å². The average Bonchev–Trinajstić information content (AvgIpc) is 2.97. The van der Waals surface area contributed by atoms with Crippen molar-refractivity contribution in [2.45, 2.75) is 51.7 Å². The molecule has 3 rings (SSSR count). The van der Waals surface area contributed by atoms with Gasteiger partial charge in [0, 0.05) is 26.1 Å². The van der Waals surface area contributed by atoms with E-state index in [2.05, 4.69) is 12.2 Å². The first-order valence-electron chi connectivity index (χ1n) is 13.9. The second-order valence-electron chi connectivity index (χ2n) is 10.1. The van der Waals surface area contributed by atoms with Crippen molar-refractivity contribution in [2.24, 2.45) is 0 Å². The van der Waals surface area contributed by atoms with Gasteiger partial charge < -0.3 is 15.0 Å². The first kappa shape index (κ1) is 31.8. The molecule has 3 aromatic rings. The molecule has 220 valence electrons. The zero-order chi connectivity index (χ0) is 29.7. The minimum Gasteiger partial charge on any atom is -0.497 e. The summed E-state index contributed by atoms with van der Waals surface area (Å²) in [6, 6.07) is 25.1. The highest BCUT2D eigenvalue weighted by Gasteiger charge is 2.32. The standard InChI is InChI=1S/C32H41N3O5S/c1-4-5-12-21-33-32(37)30(22-26-13-8-6-9-14-26)35(24-28-17-19-29(40-2)20-18-28)31(36)25-34(41(3,38)39)23-27-15-10-7-11-16-27/h6-11,13-20,30H,4-5,12,21-25H2,1-3H3,(H,33,37)/t30-/m0/s1. The predicted octanol–water partition coefficient (Wildman–Crippen LogP) is 4.40. The molecule has 0 heterocycles. The normalized spacial score (nSPS) is 12.1. The van der Waals surface area contributed by atoms with Crippen molar-refractivity contribution in [2.75, 3.05) is 26.5 Å². The van der Waals surface area contributed by atoms with Gasteiger partial charge in [0.2, 0.25) is 21.8 Å². The lowest BCUT2D eigenvalue weighted by Crippen LogP contribution is -2.53. The highest BCUT2D eigenvalue weighted by molar-refractivity contribution is 7.88. The number of nitrogens with one attached hydrogen (secondary N) is 1. The predicted molar refractivity (Wildman–Crippen MR) is 162 cm³/mol. The maximum atomic E-state index is 14.0. The summed E-state index contributed by atoms with van der Waals surface area (Å²) in [6.07, 6.45) is 4.24. The molecule has 0 aliphatic rings. The Balaban J connectivity index is 1.96. The number of benzene rings is 3. The minimum absolute atomic E-state index is 0.0500. The van der Waals surface area contributed by atoms with Gasteiger partial charge in [0.05, 0.1) is 19.9 Å². The van der Waals surface area contributed by atoms with Crippen LogP contribution in [0.4, 0.5) is 0 Å². The molecule has 8 nitrogen and oxygen atoms in total. The summed E-state index contributed by atoms with van der Waals surface area (Å²) in [4.78, 5) is 29.2. The smallest absolute Gasteiger partial charge is 0.243 e. The summed E-state index contributed by atoms with van der Waals surface area (Å²) in [6.45, 7) is 2.39. The van der Waals surface area contributed by atoms with Crippen LogP contribution in [0.3, 0.4) is 0 Å². The van der Waals surface area contributed by atoms with Crippen molar-refractivity contribution >= 4 is 21.8 Å². The first-order valence-corrected chi connectivity index (χ1v) is 15.8. The number of methoxy groups -OCH3 is 1. The molecule has 0 aliphatic carbocycles. The molecule has 0 saturated carbocycles. The van der Waals surface area contributed by atoms with Crippen molar-refractivity contribution in [3.05, 3.63) is 102 Å². The van der Waals surface area contributed by atoms with E-state index in [1.165, 1.54) is 4.90 Å². The Labute approximate surface area is 244 Å². The maximum absolute atomic E-state index is 14.0. The van der Waals surface area contributed by atoms with Crippen LogP contribution in [0.5, 0.6) is 5.75 Å². The third kappa shape index (κ3) is 10.3. The number of carbonyl (C=O) groups is 2. The molecule has 9 heteroatoms. The fraction of sp³-hybridized carbons (Fsp3) is 0.375. The first-order chi connectivity index (χ1) is 19.7. The van der Waals surface area contributed by atoms with Gasteiger partial charge in [-0.15, -0.1) is 0 Å². The van der Waals surface area contributed by atoms with Crippen LogP contribution in [0.2, 0.25) is 0 Å². The van der Waals surface area contributed by atoms with Crippen LogP contribution in [-0.2, 0) is 39.1 Å². The quantitative estimate of drug-likeness (QED) is 0.254. The molecule has 0 aliphatic heterocycles. The second kappa shape index (κ2) is 15.9. The topological polar surface area (TPSA) is 96.0 Å². The van der Waals surface area contributed by atoms with E-state index in [1.807, 2.05) is 72.8 Å². The van der Waals surface area contributed by atoms with Gasteiger partial charge in [-0.3, -0.25) is 9.59 Å². The van der Waals surface area contributed by atoms with Gasteiger partial charge in [0.15, 0.2) is 0 Å². The zero-order valence-corrected chi connectivity index (χ0v) is 25.0. The van der Waals surface area contributed by atoms with E-state index in [0.29, 0.717) is 18.7 Å². The SMILES string of the molecule is CCCCCNC(=O)[C@H](Cc1ccccc1)N(Cc1ccc(OC)cc1)C(=O)CN(Cc1ccccc1)S(C)(=O)=O. The Hall–Kier alpha value is -3.69. The molecule has 0 radical (unpaired) electrons. The molecule has 1 atom stereocenters. The summed E-state index contributed by atoms with van der Waals surface area (Å²) in [5.74, 6) is -0.0418. The van der Waals surface area contributed by atoms with Crippen LogP contribution in [0.15, 0.2) is 84.9 Å². The molecule has 2 amide bonds. The van der Waals surface area contributed by atoms with Gasteiger partial charge in [-0.05, 0) is 35.2 Å². The van der Waals surface area contributed by atoms with Gasteiger partial charge in [-0.1, -0.05) is 92.6 Å². The van der Waals surface area contributed by atoms with Gasteiger partial charge in [-0.2, -0.15) is 4.31 Å². The van der Waals surface area contributed by atoms with Crippen LogP contribution in [0.25, 0.3) is 0 Å². The largest absolute Gasteiger partial charge is 0.497 e. The van der Waals surface area contributed by atoms with Crippen LogP contribution < -0.4 is 10.1 Å². The van der Waals surface area contributed by atoms with Gasteiger partial charge in [0.25, 0.3) is 0 Å². The number of hydrogen-bond donors (Lipinski definition) is 1. The molecule has 3 aromatic carbocycles. The third-order valence-corrected chi connectivity index (χ3v) is 8.04. The molecule has 1 N–H and O–H groups in total. The van der Waals surface area contributed by atoms with Gasteiger partial charge in [-0.25, -0.2) is 8.42 Å². The number of amides is 2. The number of rotatable bonds is 16. The number of carbonyl (C=O) groups excluding carboxylic acids is 2. The maximum Gasteiger partial charge on any atom is 0.243 e. The molecule has 41 heavy (non-hydrogen) atoms. The Morgan fingerprint density at radius 2 is 1.41 bits per heavy atom. The summed E-state index contributed by atoms with van der Waals surface area (Å²) in [5, 5.41) is 3.02. The molecular weight excluding hydrogens is 538 g/mol. The lowest BCUT2D eigenvalue weighted by Gasteiger charge is -2.33. The van der Waals surface area contributed by atoms with Gasteiger partial charge >= 0.3 is 0 Å². The highest BCUT2D eigenvalue weighted by Crippen LogP contribution is 2.19. The number of sulfonamides is 1. The number of hydrogen-bond acceptors (Lipinski definition) is 5.